The summed E-state index contributed by atoms with van der Waals surface area (Å²) in [5.41, 5.74) is 1.75. The van der Waals surface area contributed by atoms with Crippen LogP contribution in [0.1, 0.15) is 26.2 Å². The van der Waals surface area contributed by atoms with Gasteiger partial charge in [-0.25, -0.2) is 13.4 Å². The fraction of sp³-hybridized carbons (Fsp3) is 0.417. The van der Waals surface area contributed by atoms with Crippen molar-refractivity contribution < 1.29 is 17.9 Å². The highest BCUT2D eigenvalue weighted by molar-refractivity contribution is 7.89. The number of anilines is 1. The molecule has 0 bridgehead atoms. The summed E-state index contributed by atoms with van der Waals surface area (Å²) in [7, 11) is -3.63. The van der Waals surface area contributed by atoms with E-state index in [4.69, 9.17) is 4.74 Å². The molecular formula is C24H30N4O4S. The number of aryl methyl sites for hydroxylation is 1. The van der Waals surface area contributed by atoms with Crippen LogP contribution in [-0.4, -0.2) is 54.5 Å². The topological polar surface area (TPSA) is 93.5 Å². The Hall–Kier alpha value is -2.75. The number of amides is 1. The summed E-state index contributed by atoms with van der Waals surface area (Å²) in [5.74, 6) is -0.154. The van der Waals surface area contributed by atoms with E-state index in [0.717, 1.165) is 17.5 Å². The van der Waals surface area contributed by atoms with E-state index in [1.807, 2.05) is 35.8 Å². The number of nitrogens with one attached hydrogen (secondary N) is 1. The summed E-state index contributed by atoms with van der Waals surface area (Å²) < 4.78 is 34.9. The second-order valence-electron chi connectivity index (χ2n) is 8.13. The molecule has 2 heterocycles. The quantitative estimate of drug-likeness (QED) is 0.483. The molecule has 1 saturated heterocycles. The first-order valence-electron chi connectivity index (χ1n) is 11.4. The molecule has 1 atom stereocenters. The molecule has 0 radical (unpaired) electrons. The molecule has 176 valence electrons. The fourth-order valence-corrected chi connectivity index (χ4v) is 5.74. The maximum absolute atomic E-state index is 13.2. The smallest absolute Gasteiger partial charge is 0.243 e. The monoisotopic (exact) mass is 470 g/mol. The molecule has 1 aliphatic heterocycles. The van der Waals surface area contributed by atoms with Gasteiger partial charge >= 0.3 is 0 Å². The van der Waals surface area contributed by atoms with E-state index in [1.165, 1.54) is 4.31 Å². The molecule has 3 aromatic rings. The van der Waals surface area contributed by atoms with E-state index in [-0.39, 0.29) is 17.3 Å². The normalized spacial score (nSPS) is 17.3. The van der Waals surface area contributed by atoms with E-state index in [1.54, 1.807) is 30.3 Å². The Morgan fingerprint density at radius 1 is 1.15 bits per heavy atom. The molecule has 4 rings (SSSR count). The van der Waals surface area contributed by atoms with Gasteiger partial charge in [-0.2, -0.15) is 4.31 Å². The van der Waals surface area contributed by atoms with Crippen molar-refractivity contribution in [1.29, 1.82) is 0 Å². The Bertz CT molecular complexity index is 1190. The van der Waals surface area contributed by atoms with Crippen LogP contribution in [0.25, 0.3) is 11.0 Å². The summed E-state index contributed by atoms with van der Waals surface area (Å²) in [4.78, 5) is 18.0. The van der Waals surface area contributed by atoms with E-state index in [0.29, 0.717) is 45.1 Å². The number of carbonyl (C=O) groups is 1. The molecule has 1 aliphatic rings. The maximum Gasteiger partial charge on any atom is 0.243 e. The van der Waals surface area contributed by atoms with Gasteiger partial charge in [0.2, 0.25) is 21.9 Å². The number of sulfonamides is 1. The van der Waals surface area contributed by atoms with Crippen LogP contribution in [0.15, 0.2) is 59.5 Å². The number of benzene rings is 2. The lowest BCUT2D eigenvalue weighted by Crippen LogP contribution is -2.43. The van der Waals surface area contributed by atoms with Crippen LogP contribution >= 0.6 is 0 Å². The van der Waals surface area contributed by atoms with Crippen molar-refractivity contribution in [2.75, 3.05) is 31.6 Å². The first-order chi connectivity index (χ1) is 16.0. The van der Waals surface area contributed by atoms with Gasteiger partial charge in [0, 0.05) is 32.8 Å². The Kier molecular flexibility index (Phi) is 7.42. The molecule has 1 fully saturated rings. The van der Waals surface area contributed by atoms with Gasteiger partial charge in [0.1, 0.15) is 0 Å². The largest absolute Gasteiger partial charge is 0.382 e. The van der Waals surface area contributed by atoms with Gasteiger partial charge in [-0.3, -0.25) is 10.1 Å². The minimum Gasteiger partial charge on any atom is -0.382 e. The number of ether oxygens (including phenoxy) is 1. The molecule has 0 aliphatic carbocycles. The van der Waals surface area contributed by atoms with Gasteiger partial charge in [-0.05, 0) is 50.5 Å². The highest BCUT2D eigenvalue weighted by Gasteiger charge is 2.33. The Morgan fingerprint density at radius 2 is 1.91 bits per heavy atom. The highest BCUT2D eigenvalue weighted by atomic mass is 32.2. The van der Waals surface area contributed by atoms with Crippen molar-refractivity contribution in [1.82, 2.24) is 13.9 Å². The minimum atomic E-state index is -3.63. The lowest BCUT2D eigenvalue weighted by atomic mass is 9.99. The maximum atomic E-state index is 13.2. The number of hydrogen-bond donors (Lipinski definition) is 1. The SMILES string of the molecule is CCOCCCn1c(NC(=O)C2CCCN(S(=O)(=O)c3ccccc3)C2)nc2ccccc21. The predicted molar refractivity (Wildman–Crippen MR) is 127 cm³/mol. The number of hydrogen-bond acceptors (Lipinski definition) is 5. The standard InChI is InChI=1S/C24H30N4O4S/c1-2-32-17-9-16-28-22-14-7-6-13-21(22)25-24(28)26-23(29)19-10-8-15-27(18-19)33(30,31)20-11-4-3-5-12-20/h3-7,11-14,19H,2,8-10,15-18H2,1H3,(H,25,26,29). The number of nitrogens with zero attached hydrogens (tertiary/aromatic N) is 3. The summed E-state index contributed by atoms with van der Waals surface area (Å²) >= 11 is 0. The Balaban J connectivity index is 1.50. The summed E-state index contributed by atoms with van der Waals surface area (Å²) in [5, 5.41) is 2.97. The molecule has 0 spiro atoms. The average Bonchev–Trinajstić information content (AvgIpc) is 3.19. The van der Waals surface area contributed by atoms with Crippen molar-refractivity contribution in [3.63, 3.8) is 0 Å². The van der Waals surface area contributed by atoms with Crippen LogP contribution in [0.3, 0.4) is 0 Å². The van der Waals surface area contributed by atoms with Crippen molar-refractivity contribution in [3.8, 4) is 0 Å². The minimum absolute atomic E-state index is 0.160. The van der Waals surface area contributed by atoms with Gasteiger partial charge < -0.3 is 9.30 Å². The van der Waals surface area contributed by atoms with Crippen LogP contribution in [0.2, 0.25) is 0 Å². The van der Waals surface area contributed by atoms with E-state index in [2.05, 4.69) is 10.3 Å². The third-order valence-corrected chi connectivity index (χ3v) is 7.78. The highest BCUT2D eigenvalue weighted by Crippen LogP contribution is 2.26. The number of aromatic nitrogens is 2. The van der Waals surface area contributed by atoms with Gasteiger partial charge in [-0.1, -0.05) is 30.3 Å². The number of para-hydroxylation sites is 2. The zero-order valence-corrected chi connectivity index (χ0v) is 19.6. The molecular weight excluding hydrogens is 440 g/mol. The van der Waals surface area contributed by atoms with Crippen LogP contribution in [-0.2, 0) is 26.1 Å². The van der Waals surface area contributed by atoms with Crippen molar-refractivity contribution >= 4 is 32.9 Å². The second-order valence-corrected chi connectivity index (χ2v) is 10.1. The third-order valence-electron chi connectivity index (χ3n) is 5.90. The fourth-order valence-electron chi connectivity index (χ4n) is 4.19. The second kappa shape index (κ2) is 10.5. The lowest BCUT2D eigenvalue weighted by Gasteiger charge is -2.31. The molecule has 2 aromatic carbocycles. The molecule has 1 amide bonds. The molecule has 1 unspecified atom stereocenters. The van der Waals surface area contributed by atoms with Gasteiger partial charge in [0.15, 0.2) is 0 Å². The first-order valence-corrected chi connectivity index (χ1v) is 12.8. The van der Waals surface area contributed by atoms with Gasteiger partial charge in [0.05, 0.1) is 21.8 Å². The summed E-state index contributed by atoms with van der Waals surface area (Å²) in [6, 6.07) is 16.1. The first kappa shape index (κ1) is 23.4. The average molecular weight is 471 g/mol. The van der Waals surface area contributed by atoms with Crippen molar-refractivity contribution in [2.24, 2.45) is 5.92 Å². The van der Waals surface area contributed by atoms with E-state index < -0.39 is 15.9 Å². The third kappa shape index (κ3) is 5.26. The van der Waals surface area contributed by atoms with Crippen LogP contribution in [0.5, 0.6) is 0 Å². The molecule has 33 heavy (non-hydrogen) atoms. The number of carbonyl (C=O) groups excluding carboxylic acids is 1. The number of piperidine rings is 1. The predicted octanol–water partition coefficient (Wildman–Crippen LogP) is 3.50. The lowest BCUT2D eigenvalue weighted by molar-refractivity contribution is -0.120. The molecule has 1 N–H and O–H groups in total. The van der Waals surface area contributed by atoms with Crippen molar-refractivity contribution in [2.45, 2.75) is 37.6 Å². The van der Waals surface area contributed by atoms with E-state index >= 15 is 0 Å². The number of fused-ring (bicyclic) bond motifs is 1. The van der Waals surface area contributed by atoms with Gasteiger partial charge in [0.25, 0.3) is 0 Å². The van der Waals surface area contributed by atoms with Crippen LogP contribution < -0.4 is 5.32 Å². The Morgan fingerprint density at radius 3 is 2.70 bits per heavy atom. The molecule has 9 heteroatoms. The van der Waals surface area contributed by atoms with Crippen LogP contribution in [0, 0.1) is 5.92 Å². The molecule has 1 aromatic heterocycles. The Labute approximate surface area is 194 Å². The zero-order valence-electron chi connectivity index (χ0n) is 18.8. The molecule has 0 saturated carbocycles. The number of rotatable bonds is 9. The van der Waals surface area contributed by atoms with E-state index in [9.17, 15) is 13.2 Å². The zero-order chi connectivity index (χ0) is 23.3. The van der Waals surface area contributed by atoms with Gasteiger partial charge in [-0.15, -0.1) is 0 Å². The number of imidazole rings is 1. The summed E-state index contributed by atoms with van der Waals surface area (Å²) in [6.45, 7) is 4.49. The molecule has 8 nitrogen and oxygen atoms in total. The van der Waals surface area contributed by atoms with Crippen molar-refractivity contribution in [3.05, 3.63) is 54.6 Å². The summed E-state index contributed by atoms with van der Waals surface area (Å²) in [6.07, 6.45) is 2.07. The van der Waals surface area contributed by atoms with Crippen LogP contribution in [0.4, 0.5) is 5.95 Å².